The molecule has 0 bridgehead atoms. The molecule has 0 unspecified atom stereocenters. The first kappa shape index (κ1) is 31.4. The van der Waals surface area contributed by atoms with Crippen LogP contribution in [-0.4, -0.2) is 4.98 Å². The standard InChI is InChI=1S/C49H33N3O2/c1-5-16-34(17-6-1)35-28-30-39(31-29-35)52(43-26-15-25-42-41-24-13-14-27-45(41)53-48(42)43)44-32-40(33-46-47(44)50-49(54-46)36-18-7-2-8-19-36)51(37-20-9-3-10-21-37)38-22-11-4-12-23-38/h1-33H. The van der Waals surface area contributed by atoms with Crippen LogP contribution in [0.25, 0.3) is 55.6 Å². The van der Waals surface area contributed by atoms with Gasteiger partial charge in [0.15, 0.2) is 11.2 Å². The van der Waals surface area contributed by atoms with E-state index < -0.39 is 0 Å². The second kappa shape index (κ2) is 13.3. The Bertz CT molecular complexity index is 2830. The zero-order chi connectivity index (χ0) is 35.8. The number of rotatable bonds is 8. The Balaban J connectivity index is 1.27. The molecule has 10 rings (SSSR count). The summed E-state index contributed by atoms with van der Waals surface area (Å²) in [6.07, 6.45) is 0. The van der Waals surface area contributed by atoms with Crippen molar-refractivity contribution >= 4 is 67.2 Å². The Labute approximate surface area is 312 Å². The molecule has 0 N–H and O–H groups in total. The van der Waals surface area contributed by atoms with Crippen LogP contribution in [0.1, 0.15) is 0 Å². The molecule has 0 aliphatic heterocycles. The molecule has 10 aromatic rings. The third-order valence-corrected chi connectivity index (χ3v) is 9.87. The highest BCUT2D eigenvalue weighted by atomic mass is 16.3. The van der Waals surface area contributed by atoms with E-state index in [2.05, 4.69) is 149 Å². The minimum absolute atomic E-state index is 0.552. The lowest BCUT2D eigenvalue weighted by Gasteiger charge is -2.29. The average molecular weight is 696 g/mol. The van der Waals surface area contributed by atoms with Gasteiger partial charge in [-0.2, -0.15) is 0 Å². The number of benzene rings is 8. The van der Waals surface area contributed by atoms with Gasteiger partial charge in [-0.25, -0.2) is 4.98 Å². The second-order valence-electron chi connectivity index (χ2n) is 13.2. The van der Waals surface area contributed by atoms with Crippen LogP contribution in [0.5, 0.6) is 0 Å². The van der Waals surface area contributed by atoms with Gasteiger partial charge in [-0.15, -0.1) is 0 Å². The van der Waals surface area contributed by atoms with Crippen molar-refractivity contribution in [3.05, 3.63) is 200 Å². The fourth-order valence-corrected chi connectivity index (χ4v) is 7.35. The smallest absolute Gasteiger partial charge is 0.227 e. The highest BCUT2D eigenvalue weighted by Crippen LogP contribution is 2.48. The van der Waals surface area contributed by atoms with Crippen molar-refractivity contribution in [3.63, 3.8) is 0 Å². The van der Waals surface area contributed by atoms with Gasteiger partial charge >= 0.3 is 0 Å². The maximum absolute atomic E-state index is 6.71. The molecule has 5 nitrogen and oxygen atoms in total. The van der Waals surface area contributed by atoms with Gasteiger partial charge in [0.05, 0.1) is 17.1 Å². The van der Waals surface area contributed by atoms with Crippen LogP contribution in [0.4, 0.5) is 34.1 Å². The monoisotopic (exact) mass is 695 g/mol. The molecular formula is C49H33N3O2. The molecule has 256 valence electrons. The number of para-hydroxylation sites is 4. The number of aromatic nitrogens is 1. The molecule has 2 aromatic heterocycles. The van der Waals surface area contributed by atoms with Crippen molar-refractivity contribution < 1.29 is 8.83 Å². The molecule has 5 heteroatoms. The Morgan fingerprint density at radius 2 is 0.907 bits per heavy atom. The van der Waals surface area contributed by atoms with Crippen molar-refractivity contribution in [1.29, 1.82) is 0 Å². The summed E-state index contributed by atoms with van der Waals surface area (Å²) in [7, 11) is 0. The first-order valence-corrected chi connectivity index (χ1v) is 18.0. The van der Waals surface area contributed by atoms with E-state index in [4.69, 9.17) is 13.8 Å². The molecule has 0 amide bonds. The molecule has 0 aliphatic carbocycles. The zero-order valence-electron chi connectivity index (χ0n) is 29.2. The van der Waals surface area contributed by atoms with E-state index in [1.165, 1.54) is 0 Å². The Kier molecular flexibility index (Phi) is 7.73. The van der Waals surface area contributed by atoms with E-state index in [0.29, 0.717) is 11.5 Å². The quantitative estimate of drug-likeness (QED) is 0.158. The number of hydrogen-bond donors (Lipinski definition) is 0. The van der Waals surface area contributed by atoms with Crippen molar-refractivity contribution in [2.24, 2.45) is 0 Å². The van der Waals surface area contributed by atoms with Crippen molar-refractivity contribution in [2.45, 2.75) is 0 Å². The minimum atomic E-state index is 0.552. The van der Waals surface area contributed by atoms with Crippen LogP contribution < -0.4 is 9.80 Å². The van der Waals surface area contributed by atoms with Gasteiger partial charge in [-0.1, -0.05) is 127 Å². The van der Waals surface area contributed by atoms with Gasteiger partial charge in [0, 0.05) is 39.5 Å². The molecule has 0 atom stereocenters. The van der Waals surface area contributed by atoms with Crippen LogP contribution >= 0.6 is 0 Å². The Morgan fingerprint density at radius 3 is 1.59 bits per heavy atom. The third-order valence-electron chi connectivity index (χ3n) is 9.87. The number of oxazole rings is 1. The summed E-state index contributed by atoms with van der Waals surface area (Å²) in [5, 5.41) is 2.11. The SMILES string of the molecule is c1ccc(-c2ccc(N(c3cc(N(c4ccccc4)c4ccccc4)cc4oc(-c5ccccc5)nc34)c3cccc4c3oc3ccccc34)cc2)cc1. The minimum Gasteiger partial charge on any atom is -0.454 e. The lowest BCUT2D eigenvalue weighted by Crippen LogP contribution is -2.14. The zero-order valence-corrected chi connectivity index (χ0v) is 29.2. The molecule has 8 aromatic carbocycles. The van der Waals surface area contributed by atoms with Crippen LogP contribution in [0, 0.1) is 0 Å². The summed E-state index contributed by atoms with van der Waals surface area (Å²) in [6.45, 7) is 0. The summed E-state index contributed by atoms with van der Waals surface area (Å²) < 4.78 is 13.4. The van der Waals surface area contributed by atoms with Gasteiger partial charge in [0.1, 0.15) is 11.1 Å². The molecular weight excluding hydrogens is 663 g/mol. The summed E-state index contributed by atoms with van der Waals surface area (Å²) >= 11 is 0. The largest absolute Gasteiger partial charge is 0.454 e. The molecule has 0 saturated heterocycles. The maximum Gasteiger partial charge on any atom is 0.227 e. The number of anilines is 6. The van der Waals surface area contributed by atoms with E-state index in [1.54, 1.807) is 0 Å². The number of fused-ring (bicyclic) bond motifs is 4. The van der Waals surface area contributed by atoms with Gasteiger partial charge in [0.25, 0.3) is 0 Å². The van der Waals surface area contributed by atoms with Crippen LogP contribution in [0.15, 0.2) is 209 Å². The van der Waals surface area contributed by atoms with E-state index in [-0.39, 0.29) is 0 Å². The van der Waals surface area contributed by atoms with E-state index in [1.807, 2.05) is 60.7 Å². The highest BCUT2D eigenvalue weighted by molar-refractivity contribution is 6.11. The Morgan fingerprint density at radius 1 is 0.352 bits per heavy atom. The van der Waals surface area contributed by atoms with Gasteiger partial charge in [-0.05, 0) is 77.9 Å². The van der Waals surface area contributed by atoms with Crippen LogP contribution in [0.3, 0.4) is 0 Å². The normalized spacial score (nSPS) is 11.3. The van der Waals surface area contributed by atoms with Crippen LogP contribution in [0.2, 0.25) is 0 Å². The second-order valence-corrected chi connectivity index (χ2v) is 13.2. The molecule has 0 radical (unpaired) electrons. The fraction of sp³-hybridized carbons (Fsp3) is 0. The maximum atomic E-state index is 6.71. The van der Waals surface area contributed by atoms with Crippen molar-refractivity contribution in [3.8, 4) is 22.6 Å². The summed E-state index contributed by atoms with van der Waals surface area (Å²) in [5.74, 6) is 0.552. The first-order chi connectivity index (χ1) is 26.8. The third kappa shape index (κ3) is 5.56. The summed E-state index contributed by atoms with van der Waals surface area (Å²) in [6, 6.07) is 68.9. The molecule has 0 aliphatic rings. The topological polar surface area (TPSA) is 45.7 Å². The lowest BCUT2D eigenvalue weighted by atomic mass is 10.0. The molecule has 54 heavy (non-hydrogen) atoms. The van der Waals surface area contributed by atoms with E-state index in [0.717, 1.165) is 78.3 Å². The molecule has 2 heterocycles. The van der Waals surface area contributed by atoms with Crippen LogP contribution in [-0.2, 0) is 0 Å². The van der Waals surface area contributed by atoms with Gasteiger partial charge < -0.3 is 18.6 Å². The summed E-state index contributed by atoms with van der Waals surface area (Å²) in [4.78, 5) is 9.75. The molecule has 0 fully saturated rings. The average Bonchev–Trinajstić information content (AvgIpc) is 3.86. The number of hydrogen-bond acceptors (Lipinski definition) is 5. The molecule has 0 spiro atoms. The predicted molar refractivity (Wildman–Crippen MR) is 222 cm³/mol. The van der Waals surface area contributed by atoms with Gasteiger partial charge in [-0.3, -0.25) is 0 Å². The number of nitrogens with zero attached hydrogens (tertiary/aromatic N) is 3. The first-order valence-electron chi connectivity index (χ1n) is 18.0. The lowest BCUT2D eigenvalue weighted by molar-refractivity contribution is 0.620. The van der Waals surface area contributed by atoms with E-state index in [9.17, 15) is 0 Å². The molecule has 0 saturated carbocycles. The Hall–Kier alpha value is -7.37. The fourth-order valence-electron chi connectivity index (χ4n) is 7.35. The van der Waals surface area contributed by atoms with Gasteiger partial charge in [0.2, 0.25) is 5.89 Å². The van der Waals surface area contributed by atoms with Crippen molar-refractivity contribution in [1.82, 2.24) is 4.98 Å². The highest BCUT2D eigenvalue weighted by Gasteiger charge is 2.26. The number of furan rings is 1. The summed E-state index contributed by atoms with van der Waals surface area (Å²) in [5.41, 5.74) is 11.9. The predicted octanol–water partition coefficient (Wildman–Crippen LogP) is 14.0. The van der Waals surface area contributed by atoms with E-state index >= 15 is 0 Å². The van der Waals surface area contributed by atoms with Crippen molar-refractivity contribution in [2.75, 3.05) is 9.80 Å².